The average molecular weight is 221 g/mol. The monoisotopic (exact) mass is 220 g/mol. The van der Waals surface area contributed by atoms with E-state index in [1.54, 1.807) is 0 Å². The van der Waals surface area contributed by atoms with Crippen molar-refractivity contribution in [2.24, 2.45) is 0 Å². The molecular weight excluding hydrogens is 208 g/mol. The highest BCUT2D eigenvalue weighted by Gasteiger charge is 2.12. The van der Waals surface area contributed by atoms with Gasteiger partial charge in [0.25, 0.3) is 0 Å². The number of thiophene rings is 1. The second kappa shape index (κ2) is 4.96. The van der Waals surface area contributed by atoms with E-state index in [1.807, 2.05) is 19.1 Å². The van der Waals surface area contributed by atoms with Gasteiger partial charge in [-0.15, -0.1) is 11.3 Å². The molecule has 0 fully saturated rings. The summed E-state index contributed by atoms with van der Waals surface area (Å²) in [5.41, 5.74) is 0. The molecule has 2 unspecified atom stereocenters. The van der Waals surface area contributed by atoms with E-state index >= 15 is 0 Å². The minimum Gasteiger partial charge on any atom is -0.394 e. The van der Waals surface area contributed by atoms with E-state index in [0.29, 0.717) is 6.42 Å². The highest BCUT2D eigenvalue weighted by molar-refractivity contribution is 7.16. The Hall–Kier alpha value is -0.0900. The Morgan fingerprint density at radius 2 is 2.23 bits per heavy atom. The molecule has 2 nitrogen and oxygen atoms in total. The molecule has 13 heavy (non-hydrogen) atoms. The van der Waals surface area contributed by atoms with Gasteiger partial charge in [0.05, 0.1) is 17.0 Å². The van der Waals surface area contributed by atoms with Crippen molar-refractivity contribution in [3.8, 4) is 0 Å². The molecule has 0 bridgehead atoms. The van der Waals surface area contributed by atoms with E-state index in [2.05, 4.69) is 0 Å². The van der Waals surface area contributed by atoms with Crippen molar-refractivity contribution in [1.29, 1.82) is 0 Å². The van der Waals surface area contributed by atoms with E-state index < -0.39 is 6.10 Å². The second-order valence-electron chi connectivity index (χ2n) is 3.12. The fraction of sp³-hybridized carbons (Fsp3) is 0.556. The zero-order valence-electron chi connectivity index (χ0n) is 7.40. The molecule has 0 aliphatic rings. The lowest BCUT2D eigenvalue weighted by molar-refractivity contribution is 0.0838. The molecule has 1 rings (SSSR count). The molecule has 1 heterocycles. The van der Waals surface area contributed by atoms with Crippen LogP contribution in [0.15, 0.2) is 12.1 Å². The fourth-order valence-electron chi connectivity index (χ4n) is 1.19. The van der Waals surface area contributed by atoms with Crippen LogP contribution in [0.1, 0.15) is 24.1 Å². The SMILES string of the molecule is CC(CC(O)CO)c1ccc(Cl)s1. The van der Waals surface area contributed by atoms with Crippen molar-refractivity contribution in [2.75, 3.05) is 6.61 Å². The molecule has 0 saturated carbocycles. The summed E-state index contributed by atoms with van der Waals surface area (Å²) in [6.07, 6.45) is -0.0521. The summed E-state index contributed by atoms with van der Waals surface area (Å²) >= 11 is 7.30. The largest absolute Gasteiger partial charge is 0.394 e. The number of aliphatic hydroxyl groups is 2. The lowest BCUT2D eigenvalue weighted by Crippen LogP contribution is -2.14. The Balaban J connectivity index is 2.53. The van der Waals surface area contributed by atoms with Crippen LogP contribution < -0.4 is 0 Å². The fourth-order valence-corrected chi connectivity index (χ4v) is 2.32. The topological polar surface area (TPSA) is 40.5 Å². The molecule has 0 radical (unpaired) electrons. The van der Waals surface area contributed by atoms with Gasteiger partial charge in [0.2, 0.25) is 0 Å². The van der Waals surface area contributed by atoms with E-state index in [4.69, 9.17) is 16.7 Å². The zero-order valence-corrected chi connectivity index (χ0v) is 8.98. The molecule has 0 aromatic carbocycles. The highest BCUT2D eigenvalue weighted by atomic mass is 35.5. The van der Waals surface area contributed by atoms with Crippen LogP contribution in [0.25, 0.3) is 0 Å². The molecule has 0 amide bonds. The Morgan fingerprint density at radius 1 is 1.54 bits per heavy atom. The van der Waals surface area contributed by atoms with E-state index in [1.165, 1.54) is 11.3 Å². The molecule has 0 aliphatic heterocycles. The highest BCUT2D eigenvalue weighted by Crippen LogP contribution is 2.30. The molecule has 0 saturated heterocycles. The predicted molar refractivity (Wildman–Crippen MR) is 55.5 cm³/mol. The summed E-state index contributed by atoms with van der Waals surface area (Å²) in [4.78, 5) is 1.15. The summed E-state index contributed by atoms with van der Waals surface area (Å²) in [7, 11) is 0. The van der Waals surface area contributed by atoms with Gasteiger partial charge in [0.15, 0.2) is 0 Å². The van der Waals surface area contributed by atoms with Crippen molar-refractivity contribution in [2.45, 2.75) is 25.4 Å². The number of rotatable bonds is 4. The standard InChI is InChI=1S/C9H13ClO2S/c1-6(4-7(12)5-11)8-2-3-9(10)13-8/h2-3,6-7,11-12H,4-5H2,1H3. The quantitative estimate of drug-likeness (QED) is 0.817. The third kappa shape index (κ3) is 3.27. The smallest absolute Gasteiger partial charge is 0.0931 e. The first-order valence-corrected chi connectivity index (χ1v) is 5.37. The third-order valence-electron chi connectivity index (χ3n) is 1.92. The minimum absolute atomic E-state index is 0.177. The van der Waals surface area contributed by atoms with Crippen LogP contribution in [-0.4, -0.2) is 22.9 Å². The first kappa shape index (κ1) is 11.0. The summed E-state index contributed by atoms with van der Waals surface area (Å²) < 4.78 is 0.764. The summed E-state index contributed by atoms with van der Waals surface area (Å²) in [5.74, 6) is 0.250. The van der Waals surface area contributed by atoms with Gasteiger partial charge in [-0.3, -0.25) is 0 Å². The van der Waals surface area contributed by atoms with Gasteiger partial charge in [-0.25, -0.2) is 0 Å². The maximum atomic E-state index is 9.22. The summed E-state index contributed by atoms with van der Waals surface area (Å²) in [5, 5.41) is 17.9. The van der Waals surface area contributed by atoms with Gasteiger partial charge in [0, 0.05) is 4.88 Å². The first-order valence-electron chi connectivity index (χ1n) is 4.17. The van der Waals surface area contributed by atoms with Crippen molar-refractivity contribution in [1.82, 2.24) is 0 Å². The molecule has 74 valence electrons. The van der Waals surface area contributed by atoms with Gasteiger partial charge in [0.1, 0.15) is 0 Å². The normalized spacial score (nSPS) is 15.7. The van der Waals surface area contributed by atoms with Gasteiger partial charge in [-0.1, -0.05) is 18.5 Å². The molecule has 0 aliphatic carbocycles. The zero-order chi connectivity index (χ0) is 9.84. The van der Waals surface area contributed by atoms with Crippen LogP contribution in [0, 0.1) is 0 Å². The molecule has 1 aromatic heterocycles. The molecular formula is C9H13ClO2S. The van der Waals surface area contributed by atoms with Crippen LogP contribution in [-0.2, 0) is 0 Å². The van der Waals surface area contributed by atoms with Crippen molar-refractivity contribution < 1.29 is 10.2 Å². The number of halogens is 1. The Kier molecular flexibility index (Phi) is 4.19. The van der Waals surface area contributed by atoms with Crippen LogP contribution in [0.2, 0.25) is 4.34 Å². The number of hydrogen-bond acceptors (Lipinski definition) is 3. The Morgan fingerprint density at radius 3 is 2.69 bits per heavy atom. The number of aliphatic hydroxyl groups excluding tert-OH is 2. The average Bonchev–Trinajstić information content (AvgIpc) is 2.51. The van der Waals surface area contributed by atoms with E-state index in [-0.39, 0.29) is 12.5 Å². The van der Waals surface area contributed by atoms with Crippen molar-refractivity contribution >= 4 is 22.9 Å². The number of hydrogen-bond donors (Lipinski definition) is 2. The van der Waals surface area contributed by atoms with Gasteiger partial charge in [-0.05, 0) is 24.5 Å². The Labute approximate surface area is 86.8 Å². The van der Waals surface area contributed by atoms with Crippen LogP contribution >= 0.6 is 22.9 Å². The van der Waals surface area contributed by atoms with Gasteiger partial charge >= 0.3 is 0 Å². The van der Waals surface area contributed by atoms with Gasteiger partial charge < -0.3 is 10.2 Å². The van der Waals surface area contributed by atoms with Crippen molar-refractivity contribution in [3.05, 3.63) is 21.3 Å². The maximum absolute atomic E-state index is 9.22. The second-order valence-corrected chi connectivity index (χ2v) is 4.86. The van der Waals surface area contributed by atoms with E-state index in [9.17, 15) is 5.11 Å². The van der Waals surface area contributed by atoms with Crippen molar-refractivity contribution in [3.63, 3.8) is 0 Å². The third-order valence-corrected chi connectivity index (χ3v) is 3.38. The molecule has 1 aromatic rings. The predicted octanol–water partition coefficient (Wildman–Crippen LogP) is 2.25. The molecule has 4 heteroatoms. The summed E-state index contributed by atoms with van der Waals surface area (Å²) in [6.45, 7) is 1.84. The molecule has 2 atom stereocenters. The summed E-state index contributed by atoms with van der Waals surface area (Å²) in [6, 6.07) is 3.81. The maximum Gasteiger partial charge on any atom is 0.0931 e. The van der Waals surface area contributed by atoms with Crippen LogP contribution in [0.5, 0.6) is 0 Å². The lowest BCUT2D eigenvalue weighted by Gasteiger charge is -2.12. The molecule has 2 N–H and O–H groups in total. The first-order chi connectivity index (χ1) is 6.13. The lowest BCUT2D eigenvalue weighted by atomic mass is 10.0. The minimum atomic E-state index is -0.629. The van der Waals surface area contributed by atoms with Crippen LogP contribution in [0.3, 0.4) is 0 Å². The van der Waals surface area contributed by atoms with Crippen LogP contribution in [0.4, 0.5) is 0 Å². The van der Waals surface area contributed by atoms with E-state index in [0.717, 1.165) is 9.21 Å². The molecule has 0 spiro atoms. The van der Waals surface area contributed by atoms with Gasteiger partial charge in [-0.2, -0.15) is 0 Å². The Bertz CT molecular complexity index is 262.